The van der Waals surface area contributed by atoms with Gasteiger partial charge in [-0.2, -0.15) is 5.10 Å². The summed E-state index contributed by atoms with van der Waals surface area (Å²) in [5.74, 6) is -1.07. The van der Waals surface area contributed by atoms with Crippen LogP contribution < -0.4 is 0 Å². The number of aliphatic hydroxyl groups is 1. The molecule has 1 aromatic heterocycles. The fraction of sp³-hybridized carbons (Fsp3) is 0.438. The maximum Gasteiger partial charge on any atom is 0.129 e. The first-order valence-electron chi connectivity index (χ1n) is 7.23. The molecule has 1 heterocycles. The Kier molecular flexibility index (Phi) is 5.07. The zero-order chi connectivity index (χ0) is 15.4. The van der Waals surface area contributed by atoms with Crippen LogP contribution in [0.2, 0.25) is 0 Å². The van der Waals surface area contributed by atoms with E-state index in [1.165, 1.54) is 18.2 Å². The van der Waals surface area contributed by atoms with E-state index < -0.39 is 11.6 Å². The molecule has 2 aromatic rings. The van der Waals surface area contributed by atoms with Crippen LogP contribution in [0.3, 0.4) is 0 Å². The molecule has 0 aliphatic rings. The Balaban J connectivity index is 2.47. The highest BCUT2D eigenvalue weighted by molar-refractivity contribution is 5.34. The number of rotatable bonds is 6. The highest BCUT2D eigenvalue weighted by Gasteiger charge is 2.18. The molecule has 1 aromatic carbocycles. The Morgan fingerprint density at radius 3 is 2.29 bits per heavy atom. The number of benzene rings is 1. The predicted molar refractivity (Wildman–Crippen MR) is 77.2 cm³/mol. The third kappa shape index (κ3) is 3.13. The van der Waals surface area contributed by atoms with Crippen molar-refractivity contribution in [1.82, 2.24) is 9.78 Å². The van der Waals surface area contributed by atoms with Crippen LogP contribution in [0.4, 0.5) is 8.78 Å². The van der Waals surface area contributed by atoms with E-state index >= 15 is 0 Å². The molecular formula is C16H20F2N2O. The number of halogens is 2. The van der Waals surface area contributed by atoms with Crippen molar-refractivity contribution in [3.8, 4) is 0 Å². The first-order chi connectivity index (χ1) is 10.1. The number of aliphatic hydroxyl groups excluding tert-OH is 1. The number of hydrogen-bond donors (Lipinski definition) is 1. The Morgan fingerprint density at radius 1 is 1.10 bits per heavy atom. The molecule has 0 spiro atoms. The van der Waals surface area contributed by atoms with Gasteiger partial charge in [0.25, 0.3) is 0 Å². The minimum atomic E-state index is -0.533. The van der Waals surface area contributed by atoms with Crippen LogP contribution in [0.1, 0.15) is 36.4 Å². The van der Waals surface area contributed by atoms with Crippen LogP contribution in [-0.2, 0) is 25.8 Å². The lowest BCUT2D eigenvalue weighted by Gasteiger charge is -2.08. The molecule has 2 rings (SSSR count). The van der Waals surface area contributed by atoms with Crippen molar-refractivity contribution in [2.24, 2.45) is 0 Å². The molecule has 0 fully saturated rings. The quantitative estimate of drug-likeness (QED) is 0.889. The molecular weight excluding hydrogens is 274 g/mol. The molecule has 5 heteroatoms. The summed E-state index contributed by atoms with van der Waals surface area (Å²) in [5, 5.41) is 13.6. The Hall–Kier alpha value is -1.75. The van der Waals surface area contributed by atoms with E-state index in [4.69, 9.17) is 5.11 Å². The van der Waals surface area contributed by atoms with Gasteiger partial charge >= 0.3 is 0 Å². The lowest BCUT2D eigenvalue weighted by Crippen LogP contribution is -2.08. The number of hydrogen-bond acceptors (Lipinski definition) is 2. The predicted octanol–water partition coefficient (Wildman–Crippen LogP) is 2.87. The Bertz CT molecular complexity index is 603. The summed E-state index contributed by atoms with van der Waals surface area (Å²) in [6.45, 7) is 4.33. The number of aromatic nitrogens is 2. The van der Waals surface area contributed by atoms with Gasteiger partial charge in [-0.3, -0.25) is 4.68 Å². The van der Waals surface area contributed by atoms with Crippen LogP contribution >= 0.6 is 0 Å². The summed E-state index contributed by atoms with van der Waals surface area (Å²) >= 11 is 0. The maximum atomic E-state index is 13.9. The SMILES string of the molecule is CCc1nn(CCO)c(CC)c1Cc1c(F)cccc1F. The zero-order valence-electron chi connectivity index (χ0n) is 12.4. The molecule has 1 N–H and O–H groups in total. The summed E-state index contributed by atoms with van der Waals surface area (Å²) in [7, 11) is 0. The van der Waals surface area contributed by atoms with Crippen molar-refractivity contribution in [2.75, 3.05) is 6.61 Å². The van der Waals surface area contributed by atoms with Crippen molar-refractivity contribution < 1.29 is 13.9 Å². The summed E-state index contributed by atoms with van der Waals surface area (Å²) in [6.07, 6.45) is 1.59. The molecule has 21 heavy (non-hydrogen) atoms. The number of aryl methyl sites for hydroxylation is 1. The third-order valence-corrected chi connectivity index (χ3v) is 3.65. The summed E-state index contributed by atoms with van der Waals surface area (Å²) in [6, 6.07) is 3.91. The third-order valence-electron chi connectivity index (χ3n) is 3.65. The second-order valence-electron chi connectivity index (χ2n) is 4.90. The molecule has 3 nitrogen and oxygen atoms in total. The van der Waals surface area contributed by atoms with Gasteiger partial charge in [-0.15, -0.1) is 0 Å². The summed E-state index contributed by atoms with van der Waals surface area (Å²) in [4.78, 5) is 0. The van der Waals surface area contributed by atoms with Gasteiger partial charge < -0.3 is 5.11 Å². The fourth-order valence-electron chi connectivity index (χ4n) is 2.63. The van der Waals surface area contributed by atoms with E-state index in [1.54, 1.807) is 4.68 Å². The van der Waals surface area contributed by atoms with Crippen molar-refractivity contribution >= 4 is 0 Å². The standard InChI is InChI=1S/C16H20F2N2O/c1-3-15-12(16(4-2)20(19-15)8-9-21)10-11-13(17)6-5-7-14(11)18/h5-7,21H,3-4,8-10H2,1-2H3. The second kappa shape index (κ2) is 6.80. The van der Waals surface area contributed by atoms with E-state index in [9.17, 15) is 8.78 Å². The summed E-state index contributed by atoms with van der Waals surface area (Å²) in [5.41, 5.74) is 2.72. The Morgan fingerprint density at radius 2 is 1.76 bits per heavy atom. The van der Waals surface area contributed by atoms with Crippen LogP contribution in [-0.4, -0.2) is 21.5 Å². The molecule has 0 unspecified atom stereocenters. The van der Waals surface area contributed by atoms with Crippen LogP contribution in [0.5, 0.6) is 0 Å². The van der Waals surface area contributed by atoms with Gasteiger partial charge in [0.15, 0.2) is 0 Å². The van der Waals surface area contributed by atoms with Crippen molar-refractivity contribution in [2.45, 2.75) is 39.7 Å². The lowest BCUT2D eigenvalue weighted by molar-refractivity contribution is 0.267. The van der Waals surface area contributed by atoms with E-state index in [0.717, 1.165) is 17.0 Å². The zero-order valence-corrected chi connectivity index (χ0v) is 12.4. The van der Waals surface area contributed by atoms with Gasteiger partial charge in [0.05, 0.1) is 18.8 Å². The van der Waals surface area contributed by atoms with Gasteiger partial charge in [0, 0.05) is 23.2 Å². The van der Waals surface area contributed by atoms with Gasteiger partial charge in [-0.05, 0) is 25.0 Å². The van der Waals surface area contributed by atoms with E-state index in [2.05, 4.69) is 5.10 Å². The second-order valence-corrected chi connectivity index (χ2v) is 4.90. The molecule has 0 amide bonds. The number of nitrogens with zero attached hydrogens (tertiary/aromatic N) is 2. The molecule has 0 aliphatic carbocycles. The molecule has 114 valence electrons. The van der Waals surface area contributed by atoms with Crippen LogP contribution in [0.25, 0.3) is 0 Å². The van der Waals surface area contributed by atoms with Crippen LogP contribution in [0, 0.1) is 11.6 Å². The largest absolute Gasteiger partial charge is 0.394 e. The first-order valence-corrected chi connectivity index (χ1v) is 7.23. The summed E-state index contributed by atoms with van der Waals surface area (Å²) < 4.78 is 29.5. The maximum absolute atomic E-state index is 13.9. The van der Waals surface area contributed by atoms with E-state index in [-0.39, 0.29) is 18.6 Å². The van der Waals surface area contributed by atoms with E-state index in [1.807, 2.05) is 13.8 Å². The van der Waals surface area contributed by atoms with Crippen LogP contribution in [0.15, 0.2) is 18.2 Å². The molecule has 0 aliphatic heterocycles. The van der Waals surface area contributed by atoms with E-state index in [0.29, 0.717) is 19.4 Å². The fourth-order valence-corrected chi connectivity index (χ4v) is 2.63. The minimum Gasteiger partial charge on any atom is -0.394 e. The molecule has 0 bridgehead atoms. The normalized spacial score (nSPS) is 11.1. The average molecular weight is 294 g/mol. The smallest absolute Gasteiger partial charge is 0.129 e. The average Bonchev–Trinajstić information content (AvgIpc) is 2.80. The Labute approximate surface area is 123 Å². The molecule has 0 atom stereocenters. The lowest BCUT2D eigenvalue weighted by atomic mass is 9.99. The molecule has 0 radical (unpaired) electrons. The van der Waals surface area contributed by atoms with Gasteiger partial charge in [0.1, 0.15) is 11.6 Å². The molecule has 0 saturated heterocycles. The topological polar surface area (TPSA) is 38.0 Å². The van der Waals surface area contributed by atoms with Gasteiger partial charge in [0.2, 0.25) is 0 Å². The monoisotopic (exact) mass is 294 g/mol. The van der Waals surface area contributed by atoms with Crippen molar-refractivity contribution in [3.63, 3.8) is 0 Å². The van der Waals surface area contributed by atoms with Crippen molar-refractivity contribution in [3.05, 3.63) is 52.3 Å². The van der Waals surface area contributed by atoms with Gasteiger partial charge in [-0.25, -0.2) is 8.78 Å². The molecule has 0 saturated carbocycles. The van der Waals surface area contributed by atoms with Gasteiger partial charge in [-0.1, -0.05) is 19.9 Å². The highest BCUT2D eigenvalue weighted by atomic mass is 19.1. The first kappa shape index (κ1) is 15.6. The highest BCUT2D eigenvalue weighted by Crippen LogP contribution is 2.23. The van der Waals surface area contributed by atoms with Crippen molar-refractivity contribution in [1.29, 1.82) is 0 Å². The minimum absolute atomic E-state index is 0.00860.